The van der Waals surface area contributed by atoms with Crippen LogP contribution >= 0.6 is 0 Å². The predicted octanol–water partition coefficient (Wildman–Crippen LogP) is 0.377. The first-order valence-electron chi connectivity index (χ1n) is 8.81. The van der Waals surface area contributed by atoms with E-state index in [1.54, 1.807) is 14.1 Å². The second kappa shape index (κ2) is 8.69. The molecule has 138 valence electrons. The number of likely N-dealkylation sites (N-methyl/N-ethyl adjacent to an activating group) is 1. The van der Waals surface area contributed by atoms with Crippen molar-refractivity contribution in [3.63, 3.8) is 0 Å². The summed E-state index contributed by atoms with van der Waals surface area (Å²) in [4.78, 5) is 17.6. The van der Waals surface area contributed by atoms with Crippen LogP contribution in [0.5, 0.6) is 0 Å². The van der Waals surface area contributed by atoms with Gasteiger partial charge in [0.05, 0.1) is 11.5 Å². The minimum absolute atomic E-state index is 0.0620. The molecular weight excluding hydrogens is 328 g/mol. The molecule has 2 rings (SSSR count). The minimum atomic E-state index is -2.94. The average Bonchev–Trinajstić information content (AvgIpc) is 2.89. The number of guanidine groups is 1. The van der Waals surface area contributed by atoms with E-state index in [4.69, 9.17) is 0 Å². The van der Waals surface area contributed by atoms with E-state index in [2.05, 4.69) is 15.6 Å². The van der Waals surface area contributed by atoms with Gasteiger partial charge < -0.3 is 15.5 Å². The monoisotopic (exact) mass is 358 g/mol. The first-order valence-corrected chi connectivity index (χ1v) is 10.6. The van der Waals surface area contributed by atoms with Crippen LogP contribution in [-0.4, -0.2) is 69.9 Å². The summed E-state index contributed by atoms with van der Waals surface area (Å²) in [5.41, 5.74) is 0. The van der Waals surface area contributed by atoms with Crippen molar-refractivity contribution in [2.24, 2.45) is 10.9 Å². The standard InChI is InChI=1S/C16H30N4O3S/c1-20(2)15(21)11-18-16(17-10-13-6-4-3-5-7-13)19-14-8-9-24(22,23)12-14/h13-14H,3-12H2,1-2H3,(H2,17,18,19). The Morgan fingerprint density at radius 3 is 2.46 bits per heavy atom. The molecule has 2 fully saturated rings. The van der Waals surface area contributed by atoms with Crippen molar-refractivity contribution in [3.8, 4) is 0 Å². The van der Waals surface area contributed by atoms with E-state index in [0.29, 0.717) is 18.3 Å². The Bertz CT molecular complexity index is 554. The first kappa shape index (κ1) is 19.0. The number of sulfone groups is 1. The highest BCUT2D eigenvalue weighted by Gasteiger charge is 2.28. The molecule has 2 N–H and O–H groups in total. The highest BCUT2D eigenvalue weighted by molar-refractivity contribution is 7.91. The van der Waals surface area contributed by atoms with Gasteiger partial charge in [0.1, 0.15) is 6.54 Å². The van der Waals surface area contributed by atoms with E-state index in [1.165, 1.54) is 37.0 Å². The Labute approximate surface area is 145 Å². The Morgan fingerprint density at radius 2 is 1.88 bits per heavy atom. The van der Waals surface area contributed by atoms with Crippen LogP contribution in [0.2, 0.25) is 0 Å². The summed E-state index contributed by atoms with van der Waals surface area (Å²) in [5.74, 6) is 1.46. The van der Waals surface area contributed by atoms with Gasteiger partial charge in [0.25, 0.3) is 0 Å². The van der Waals surface area contributed by atoms with Crippen LogP contribution in [0, 0.1) is 5.92 Å². The van der Waals surface area contributed by atoms with Gasteiger partial charge in [-0.1, -0.05) is 19.3 Å². The molecule has 1 heterocycles. The highest BCUT2D eigenvalue weighted by Crippen LogP contribution is 2.22. The number of nitrogens with zero attached hydrogens (tertiary/aromatic N) is 2. The minimum Gasteiger partial charge on any atom is -0.356 e. The van der Waals surface area contributed by atoms with E-state index < -0.39 is 9.84 Å². The van der Waals surface area contributed by atoms with E-state index >= 15 is 0 Å². The fourth-order valence-electron chi connectivity index (χ4n) is 3.18. The van der Waals surface area contributed by atoms with Crippen LogP contribution in [0.1, 0.15) is 38.5 Å². The maximum Gasteiger partial charge on any atom is 0.243 e. The molecule has 7 nitrogen and oxygen atoms in total. The number of rotatable bonds is 5. The molecule has 0 aromatic rings. The number of nitrogens with one attached hydrogen (secondary N) is 2. The maximum absolute atomic E-state index is 11.8. The normalized spacial score (nSPS) is 24.6. The molecular formula is C16H30N4O3S. The van der Waals surface area contributed by atoms with Gasteiger partial charge in [-0.3, -0.25) is 4.79 Å². The summed E-state index contributed by atoms with van der Waals surface area (Å²) >= 11 is 0. The van der Waals surface area contributed by atoms with Crippen molar-refractivity contribution < 1.29 is 13.2 Å². The van der Waals surface area contributed by atoms with Crippen LogP contribution < -0.4 is 10.6 Å². The van der Waals surface area contributed by atoms with E-state index in [-0.39, 0.29) is 30.0 Å². The molecule has 2 aliphatic rings. The molecule has 1 atom stereocenters. The zero-order valence-corrected chi connectivity index (χ0v) is 15.6. The largest absolute Gasteiger partial charge is 0.356 e. The summed E-state index contributed by atoms with van der Waals surface area (Å²) in [7, 11) is 0.455. The second-order valence-corrected chi connectivity index (χ2v) is 9.31. The van der Waals surface area contributed by atoms with E-state index in [9.17, 15) is 13.2 Å². The molecule has 24 heavy (non-hydrogen) atoms. The maximum atomic E-state index is 11.8. The lowest BCUT2D eigenvalue weighted by molar-refractivity contribution is -0.127. The fraction of sp³-hybridized carbons (Fsp3) is 0.875. The SMILES string of the molecule is CN(C)C(=O)CN=C(NCC1CCCCC1)NC1CCS(=O)(=O)C1. The van der Waals surface area contributed by atoms with Crippen LogP contribution in [0.25, 0.3) is 0 Å². The number of hydrogen-bond acceptors (Lipinski definition) is 4. The van der Waals surface area contributed by atoms with Gasteiger partial charge in [-0.15, -0.1) is 0 Å². The molecule has 0 aromatic carbocycles. The van der Waals surface area contributed by atoms with E-state index in [1.807, 2.05) is 0 Å². The lowest BCUT2D eigenvalue weighted by Crippen LogP contribution is -2.46. The third-order valence-electron chi connectivity index (χ3n) is 4.73. The predicted molar refractivity (Wildman–Crippen MR) is 95.8 cm³/mol. The van der Waals surface area contributed by atoms with Crippen molar-refractivity contribution >= 4 is 21.7 Å². The van der Waals surface area contributed by atoms with Gasteiger partial charge in [0.2, 0.25) is 5.91 Å². The molecule has 8 heteroatoms. The molecule has 0 spiro atoms. The number of amides is 1. The van der Waals surface area contributed by atoms with Crippen LogP contribution in [0.4, 0.5) is 0 Å². The Morgan fingerprint density at radius 1 is 1.17 bits per heavy atom. The summed E-state index contributed by atoms with van der Waals surface area (Å²) in [6.45, 7) is 0.883. The first-order chi connectivity index (χ1) is 11.4. The van der Waals surface area contributed by atoms with Gasteiger partial charge in [0, 0.05) is 26.7 Å². The molecule has 1 unspecified atom stereocenters. The zero-order valence-electron chi connectivity index (χ0n) is 14.8. The van der Waals surface area contributed by atoms with Crippen molar-refractivity contribution in [2.75, 3.05) is 38.7 Å². The summed E-state index contributed by atoms with van der Waals surface area (Å²) in [5, 5.41) is 6.51. The molecule has 1 aliphatic heterocycles. The number of hydrogen-bond donors (Lipinski definition) is 2. The number of carbonyl (C=O) groups is 1. The Hall–Kier alpha value is -1.31. The van der Waals surface area contributed by atoms with E-state index in [0.717, 1.165) is 6.54 Å². The third kappa shape index (κ3) is 6.30. The van der Waals surface area contributed by atoms with Gasteiger partial charge in [-0.25, -0.2) is 13.4 Å². The lowest BCUT2D eigenvalue weighted by Gasteiger charge is -2.24. The second-order valence-electron chi connectivity index (χ2n) is 7.08. The zero-order chi connectivity index (χ0) is 17.6. The summed E-state index contributed by atoms with van der Waals surface area (Å²) in [6.07, 6.45) is 6.88. The topological polar surface area (TPSA) is 90.9 Å². The third-order valence-corrected chi connectivity index (χ3v) is 6.50. The van der Waals surface area contributed by atoms with Crippen molar-refractivity contribution in [2.45, 2.75) is 44.6 Å². The van der Waals surface area contributed by atoms with Crippen molar-refractivity contribution in [3.05, 3.63) is 0 Å². The lowest BCUT2D eigenvalue weighted by atomic mass is 9.89. The molecule has 1 saturated carbocycles. The molecule has 0 aromatic heterocycles. The van der Waals surface area contributed by atoms with Crippen LogP contribution in [0.15, 0.2) is 4.99 Å². The smallest absolute Gasteiger partial charge is 0.243 e. The van der Waals surface area contributed by atoms with Crippen molar-refractivity contribution in [1.82, 2.24) is 15.5 Å². The Kier molecular flexibility index (Phi) is 6.89. The molecule has 0 bridgehead atoms. The van der Waals surface area contributed by atoms with Crippen LogP contribution in [-0.2, 0) is 14.6 Å². The average molecular weight is 359 g/mol. The van der Waals surface area contributed by atoms with Gasteiger partial charge in [-0.2, -0.15) is 0 Å². The van der Waals surface area contributed by atoms with Crippen LogP contribution in [0.3, 0.4) is 0 Å². The van der Waals surface area contributed by atoms with Gasteiger partial charge >= 0.3 is 0 Å². The van der Waals surface area contributed by atoms with Gasteiger partial charge in [0.15, 0.2) is 15.8 Å². The molecule has 1 amide bonds. The van der Waals surface area contributed by atoms with Crippen molar-refractivity contribution in [1.29, 1.82) is 0 Å². The summed E-state index contributed by atoms with van der Waals surface area (Å²) < 4.78 is 23.2. The highest BCUT2D eigenvalue weighted by atomic mass is 32.2. The number of aliphatic imine (C=N–C) groups is 1. The molecule has 1 saturated heterocycles. The Balaban J connectivity index is 1.92. The molecule has 1 aliphatic carbocycles. The fourth-order valence-corrected chi connectivity index (χ4v) is 4.85. The summed E-state index contributed by atoms with van der Waals surface area (Å²) in [6, 6.07) is -0.123. The molecule has 0 radical (unpaired) electrons. The van der Waals surface area contributed by atoms with Gasteiger partial charge in [-0.05, 0) is 25.2 Å². The quantitative estimate of drug-likeness (QED) is 0.548. The number of carbonyl (C=O) groups excluding carboxylic acids is 1.